The highest BCUT2D eigenvalue weighted by Gasteiger charge is 2.10. The number of hydrogen-bond acceptors (Lipinski definition) is 6. The number of aromatic nitrogens is 3. The van der Waals surface area contributed by atoms with Gasteiger partial charge in [0.25, 0.3) is 0 Å². The molecule has 18 heavy (non-hydrogen) atoms. The SMILES string of the molecule is CCOC(=O)CCCCn1cc(C(=O)OC)nn1. The van der Waals surface area contributed by atoms with Crippen molar-refractivity contribution in [1.82, 2.24) is 15.0 Å². The number of ether oxygens (including phenoxy) is 2. The Morgan fingerprint density at radius 2 is 2.17 bits per heavy atom. The van der Waals surface area contributed by atoms with E-state index in [9.17, 15) is 9.59 Å². The summed E-state index contributed by atoms with van der Waals surface area (Å²) in [4.78, 5) is 22.2. The highest BCUT2D eigenvalue weighted by atomic mass is 16.5. The summed E-state index contributed by atoms with van der Waals surface area (Å²) in [5, 5.41) is 7.46. The molecule has 0 fully saturated rings. The summed E-state index contributed by atoms with van der Waals surface area (Å²) in [6.07, 6.45) is 3.40. The van der Waals surface area contributed by atoms with Crippen molar-refractivity contribution in [1.29, 1.82) is 0 Å². The molecule has 0 aliphatic heterocycles. The molecular formula is C11H17N3O4. The van der Waals surface area contributed by atoms with Crippen LogP contribution in [0.3, 0.4) is 0 Å². The van der Waals surface area contributed by atoms with Crippen LogP contribution in [0.5, 0.6) is 0 Å². The lowest BCUT2D eigenvalue weighted by molar-refractivity contribution is -0.143. The summed E-state index contributed by atoms with van der Waals surface area (Å²) >= 11 is 0. The predicted octanol–water partition coefficient (Wildman–Crippen LogP) is 0.798. The van der Waals surface area contributed by atoms with Crippen LogP contribution in [0.4, 0.5) is 0 Å². The Balaban J connectivity index is 2.25. The van der Waals surface area contributed by atoms with E-state index in [1.807, 2.05) is 0 Å². The number of rotatable bonds is 7. The number of carbonyl (C=O) groups excluding carboxylic acids is 2. The lowest BCUT2D eigenvalue weighted by Crippen LogP contribution is -2.05. The summed E-state index contributed by atoms with van der Waals surface area (Å²) in [7, 11) is 1.29. The molecule has 0 aliphatic carbocycles. The van der Waals surface area contributed by atoms with Gasteiger partial charge in [0.2, 0.25) is 0 Å². The third kappa shape index (κ3) is 4.52. The first-order valence-corrected chi connectivity index (χ1v) is 5.81. The van der Waals surface area contributed by atoms with E-state index in [1.54, 1.807) is 11.6 Å². The van der Waals surface area contributed by atoms with E-state index in [2.05, 4.69) is 15.0 Å². The van der Waals surface area contributed by atoms with Gasteiger partial charge in [0.1, 0.15) is 0 Å². The molecule has 0 amide bonds. The Labute approximate surface area is 105 Å². The van der Waals surface area contributed by atoms with Crippen molar-refractivity contribution in [3.05, 3.63) is 11.9 Å². The molecule has 7 nitrogen and oxygen atoms in total. The minimum Gasteiger partial charge on any atom is -0.466 e. The molecule has 0 bridgehead atoms. The van der Waals surface area contributed by atoms with Gasteiger partial charge in [-0.15, -0.1) is 5.10 Å². The molecule has 0 radical (unpaired) electrons. The molecule has 0 aromatic carbocycles. The van der Waals surface area contributed by atoms with Crippen LogP contribution in [0, 0.1) is 0 Å². The molecule has 0 aliphatic rings. The van der Waals surface area contributed by atoms with Gasteiger partial charge in [-0.3, -0.25) is 9.48 Å². The van der Waals surface area contributed by atoms with E-state index in [0.717, 1.165) is 6.42 Å². The van der Waals surface area contributed by atoms with Crippen LogP contribution in [0.1, 0.15) is 36.7 Å². The second-order valence-electron chi connectivity index (χ2n) is 3.62. The highest BCUT2D eigenvalue weighted by molar-refractivity contribution is 5.86. The van der Waals surface area contributed by atoms with Crippen molar-refractivity contribution in [3.8, 4) is 0 Å². The summed E-state index contributed by atoms with van der Waals surface area (Å²) in [5.74, 6) is -0.695. The number of nitrogens with zero attached hydrogens (tertiary/aromatic N) is 3. The lowest BCUT2D eigenvalue weighted by atomic mass is 10.2. The van der Waals surface area contributed by atoms with Crippen molar-refractivity contribution < 1.29 is 19.1 Å². The maximum Gasteiger partial charge on any atom is 0.360 e. The average molecular weight is 255 g/mol. The highest BCUT2D eigenvalue weighted by Crippen LogP contribution is 2.02. The largest absolute Gasteiger partial charge is 0.466 e. The molecule has 1 aromatic rings. The first kappa shape index (κ1) is 14.1. The second kappa shape index (κ2) is 7.41. The molecule has 1 aromatic heterocycles. The first-order valence-electron chi connectivity index (χ1n) is 5.81. The summed E-state index contributed by atoms with van der Waals surface area (Å²) in [5.41, 5.74) is 0.183. The number of hydrogen-bond donors (Lipinski definition) is 0. The zero-order chi connectivity index (χ0) is 13.4. The monoisotopic (exact) mass is 255 g/mol. The zero-order valence-electron chi connectivity index (χ0n) is 10.6. The number of methoxy groups -OCH3 is 1. The molecule has 0 saturated carbocycles. The number of carbonyl (C=O) groups is 2. The van der Waals surface area contributed by atoms with Crippen molar-refractivity contribution in [2.24, 2.45) is 0 Å². The molecule has 0 atom stereocenters. The maximum absolute atomic E-state index is 11.1. The molecule has 7 heteroatoms. The molecule has 1 heterocycles. The van der Waals surface area contributed by atoms with Crippen LogP contribution in [0.2, 0.25) is 0 Å². The van der Waals surface area contributed by atoms with Crippen LogP contribution >= 0.6 is 0 Å². The lowest BCUT2D eigenvalue weighted by Gasteiger charge is -2.01. The van der Waals surface area contributed by atoms with E-state index < -0.39 is 5.97 Å². The molecule has 0 saturated heterocycles. The van der Waals surface area contributed by atoms with Gasteiger partial charge in [0.15, 0.2) is 5.69 Å². The molecular weight excluding hydrogens is 238 g/mol. The Bertz CT molecular complexity index is 403. The van der Waals surface area contributed by atoms with E-state index in [4.69, 9.17) is 4.74 Å². The van der Waals surface area contributed by atoms with Gasteiger partial charge in [0.05, 0.1) is 19.9 Å². The average Bonchev–Trinajstić information content (AvgIpc) is 2.83. The van der Waals surface area contributed by atoms with Crippen LogP contribution < -0.4 is 0 Å². The summed E-state index contributed by atoms with van der Waals surface area (Å²) in [6, 6.07) is 0. The zero-order valence-corrected chi connectivity index (χ0v) is 10.6. The minimum absolute atomic E-state index is 0.183. The topological polar surface area (TPSA) is 83.3 Å². The van der Waals surface area contributed by atoms with E-state index >= 15 is 0 Å². The Morgan fingerprint density at radius 3 is 2.83 bits per heavy atom. The van der Waals surface area contributed by atoms with Gasteiger partial charge in [0, 0.05) is 13.0 Å². The summed E-state index contributed by atoms with van der Waals surface area (Å²) < 4.78 is 10.9. The Morgan fingerprint density at radius 1 is 1.39 bits per heavy atom. The number of unbranched alkanes of at least 4 members (excludes halogenated alkanes) is 1. The van der Waals surface area contributed by atoms with Crippen LogP contribution in [-0.2, 0) is 20.8 Å². The fourth-order valence-electron chi connectivity index (χ4n) is 1.38. The Hall–Kier alpha value is -1.92. The van der Waals surface area contributed by atoms with Gasteiger partial charge in [-0.2, -0.15) is 0 Å². The third-order valence-electron chi connectivity index (χ3n) is 2.26. The van der Waals surface area contributed by atoms with E-state index in [-0.39, 0.29) is 11.7 Å². The smallest absolute Gasteiger partial charge is 0.360 e. The fourth-order valence-corrected chi connectivity index (χ4v) is 1.38. The second-order valence-corrected chi connectivity index (χ2v) is 3.62. The van der Waals surface area contributed by atoms with Gasteiger partial charge in [-0.25, -0.2) is 4.79 Å². The van der Waals surface area contributed by atoms with Gasteiger partial charge < -0.3 is 9.47 Å². The predicted molar refractivity (Wildman–Crippen MR) is 61.8 cm³/mol. The quantitative estimate of drug-likeness (QED) is 0.529. The molecule has 1 rings (SSSR count). The maximum atomic E-state index is 11.1. The standard InChI is InChI=1S/C11H17N3O4/c1-3-18-10(15)6-4-5-7-14-8-9(12-13-14)11(16)17-2/h8H,3-7H2,1-2H3. The van der Waals surface area contributed by atoms with Gasteiger partial charge >= 0.3 is 11.9 Å². The minimum atomic E-state index is -0.507. The van der Waals surface area contributed by atoms with Crippen molar-refractivity contribution in [2.75, 3.05) is 13.7 Å². The van der Waals surface area contributed by atoms with Gasteiger partial charge in [-0.1, -0.05) is 5.21 Å². The number of esters is 2. The van der Waals surface area contributed by atoms with Crippen molar-refractivity contribution in [3.63, 3.8) is 0 Å². The van der Waals surface area contributed by atoms with Gasteiger partial charge in [-0.05, 0) is 19.8 Å². The van der Waals surface area contributed by atoms with Crippen LogP contribution in [-0.4, -0.2) is 40.6 Å². The van der Waals surface area contributed by atoms with Crippen molar-refractivity contribution >= 4 is 11.9 Å². The van der Waals surface area contributed by atoms with Crippen LogP contribution in [0.25, 0.3) is 0 Å². The molecule has 0 N–H and O–H groups in total. The molecule has 0 spiro atoms. The Kier molecular flexibility index (Phi) is 5.83. The third-order valence-corrected chi connectivity index (χ3v) is 2.26. The van der Waals surface area contributed by atoms with E-state index in [1.165, 1.54) is 13.3 Å². The molecule has 0 unspecified atom stereocenters. The molecule has 100 valence electrons. The summed E-state index contributed by atoms with van der Waals surface area (Å²) in [6.45, 7) is 2.79. The number of aryl methyl sites for hydroxylation is 1. The van der Waals surface area contributed by atoms with Crippen molar-refractivity contribution in [2.45, 2.75) is 32.7 Å². The fraction of sp³-hybridized carbons (Fsp3) is 0.636. The van der Waals surface area contributed by atoms with Crippen LogP contribution in [0.15, 0.2) is 6.20 Å². The first-order chi connectivity index (χ1) is 8.67. The normalized spacial score (nSPS) is 10.1. The van der Waals surface area contributed by atoms with E-state index in [0.29, 0.717) is 26.0 Å².